The number of fused-ring (bicyclic) bond motifs is 1. The number of aromatic nitrogens is 5. The summed E-state index contributed by atoms with van der Waals surface area (Å²) in [7, 11) is -4.41. The number of anilines is 6. The first-order valence-electron chi connectivity index (χ1n) is 10.7. The smallest absolute Gasteiger partial charge is 0.323 e. The Balaban J connectivity index is 1.51. The van der Waals surface area contributed by atoms with Crippen molar-refractivity contribution >= 4 is 56.1 Å². The number of aryl methyl sites for hydroxylation is 1. The quantitative estimate of drug-likeness (QED) is 0.178. The summed E-state index contributed by atoms with van der Waals surface area (Å²) in [5.74, 6) is 0.525. The maximum atomic E-state index is 11.7. The molecule has 0 bridgehead atoms. The molecule has 0 unspecified atom stereocenters. The van der Waals surface area contributed by atoms with Crippen molar-refractivity contribution in [2.75, 3.05) is 16.0 Å². The molecule has 0 fully saturated rings. The van der Waals surface area contributed by atoms with E-state index in [1.165, 1.54) is 6.07 Å². The van der Waals surface area contributed by atoms with Crippen molar-refractivity contribution in [2.45, 2.75) is 11.8 Å². The number of para-hydroxylation sites is 1. The molecule has 5 rings (SSSR count). The van der Waals surface area contributed by atoms with E-state index in [2.05, 4.69) is 40.9 Å². The Bertz CT molecular complexity index is 1730. The number of aromatic amines is 2. The number of benzene rings is 3. The van der Waals surface area contributed by atoms with Crippen LogP contribution in [0.2, 0.25) is 0 Å². The average Bonchev–Trinajstić information content (AvgIpc) is 3.19. The third-order valence-corrected chi connectivity index (χ3v) is 6.16. The molecule has 0 spiro atoms. The third-order valence-electron chi connectivity index (χ3n) is 5.16. The zero-order chi connectivity index (χ0) is 25.3. The Labute approximate surface area is 204 Å². The van der Waals surface area contributed by atoms with Crippen LogP contribution < -0.4 is 21.6 Å². The van der Waals surface area contributed by atoms with Crippen molar-refractivity contribution < 1.29 is 13.0 Å². The molecule has 6 N–H and O–H groups in total. The van der Waals surface area contributed by atoms with Gasteiger partial charge < -0.3 is 25.9 Å². The predicted octanol–water partition coefficient (Wildman–Crippen LogP) is 3.83. The number of hydrogen-bond acceptors (Lipinski definition) is 9. The topological polar surface area (TPSA) is 178 Å². The number of imidazole rings is 1. The highest BCUT2D eigenvalue weighted by atomic mass is 32.2. The van der Waals surface area contributed by atoms with E-state index in [0.717, 1.165) is 5.69 Å². The Morgan fingerprint density at radius 3 is 1.92 bits per heavy atom. The fourth-order valence-corrected chi connectivity index (χ4v) is 4.27. The number of nitrogens with zero attached hydrogens (tertiary/aromatic N) is 3. The highest BCUT2D eigenvalue weighted by Gasteiger charge is 2.15. The second kappa shape index (κ2) is 9.13. The first-order valence-corrected chi connectivity index (χ1v) is 12.1. The van der Waals surface area contributed by atoms with Crippen LogP contribution in [0.3, 0.4) is 0 Å². The van der Waals surface area contributed by atoms with E-state index < -0.39 is 10.1 Å². The summed E-state index contributed by atoms with van der Waals surface area (Å²) in [6, 6.07) is 19.0. The standard InChI is InChI=1S/C23H20N8O4S/c1-13-7-8-16(12-19(13)36(33,34)35)26-22-30-20(24-14-5-3-2-4-6-14)29-21(31-22)25-15-9-10-17-18(11-15)28-23(32)27-17/h2-12H,1H3,(H2,27,28,32)(H,33,34,35)(H3,24,25,26,29,30,31). The summed E-state index contributed by atoms with van der Waals surface area (Å²) in [6.45, 7) is 1.58. The molecule has 0 aliphatic heterocycles. The SMILES string of the molecule is Cc1ccc(Nc2nc(Nc3ccccc3)nc(Nc3ccc4[nH]c(=O)[nH]c4c3)n2)cc1S(=O)(=O)O. The zero-order valence-electron chi connectivity index (χ0n) is 18.8. The minimum Gasteiger partial charge on any atom is -0.324 e. The highest BCUT2D eigenvalue weighted by molar-refractivity contribution is 7.85. The number of H-pyrrole nitrogens is 2. The van der Waals surface area contributed by atoms with Crippen LogP contribution in [0.25, 0.3) is 11.0 Å². The lowest BCUT2D eigenvalue weighted by Crippen LogP contribution is -2.08. The van der Waals surface area contributed by atoms with Gasteiger partial charge in [-0.3, -0.25) is 4.55 Å². The lowest BCUT2D eigenvalue weighted by molar-refractivity contribution is 0.482. The molecule has 182 valence electrons. The van der Waals surface area contributed by atoms with Gasteiger partial charge in [0.2, 0.25) is 17.8 Å². The van der Waals surface area contributed by atoms with Gasteiger partial charge in [0.05, 0.1) is 15.9 Å². The molecule has 0 aliphatic rings. The van der Waals surface area contributed by atoms with Crippen LogP contribution in [-0.2, 0) is 10.1 Å². The minimum atomic E-state index is -4.41. The number of hydrogen-bond donors (Lipinski definition) is 6. The van der Waals surface area contributed by atoms with Crippen molar-refractivity contribution in [2.24, 2.45) is 0 Å². The first-order chi connectivity index (χ1) is 17.2. The van der Waals surface area contributed by atoms with Crippen molar-refractivity contribution in [3.05, 3.63) is 82.8 Å². The van der Waals surface area contributed by atoms with Crippen molar-refractivity contribution in [3.63, 3.8) is 0 Å². The van der Waals surface area contributed by atoms with Gasteiger partial charge in [-0.1, -0.05) is 24.3 Å². The summed E-state index contributed by atoms with van der Waals surface area (Å²) in [6.07, 6.45) is 0. The maximum absolute atomic E-state index is 11.7. The van der Waals surface area contributed by atoms with Crippen molar-refractivity contribution in [1.82, 2.24) is 24.9 Å². The first kappa shape index (κ1) is 23.0. The number of nitrogens with one attached hydrogen (secondary N) is 5. The molecular formula is C23H20N8O4S. The van der Waals surface area contributed by atoms with Gasteiger partial charge in [-0.25, -0.2) is 4.79 Å². The van der Waals surface area contributed by atoms with Crippen LogP contribution in [0.5, 0.6) is 0 Å². The van der Waals surface area contributed by atoms with Gasteiger partial charge >= 0.3 is 5.69 Å². The second-order valence-corrected chi connectivity index (χ2v) is 9.23. The largest absolute Gasteiger partial charge is 0.324 e. The lowest BCUT2D eigenvalue weighted by atomic mass is 10.2. The summed E-state index contributed by atoms with van der Waals surface area (Å²) < 4.78 is 32.9. The van der Waals surface area contributed by atoms with Gasteiger partial charge in [-0.05, 0) is 55.0 Å². The molecule has 0 saturated heterocycles. The van der Waals surface area contributed by atoms with Crippen LogP contribution in [0.1, 0.15) is 5.56 Å². The zero-order valence-corrected chi connectivity index (χ0v) is 19.6. The van der Waals surface area contributed by atoms with E-state index in [4.69, 9.17) is 0 Å². The van der Waals surface area contributed by atoms with Crippen LogP contribution in [0.15, 0.2) is 76.4 Å². The van der Waals surface area contributed by atoms with Gasteiger partial charge in [0.15, 0.2) is 0 Å². The minimum absolute atomic E-state index is 0.118. The van der Waals surface area contributed by atoms with E-state index >= 15 is 0 Å². The Hall–Kier alpha value is -4.75. The van der Waals surface area contributed by atoms with Crippen LogP contribution in [-0.4, -0.2) is 37.9 Å². The molecule has 5 aromatic rings. The molecule has 0 aliphatic carbocycles. The predicted molar refractivity (Wildman–Crippen MR) is 136 cm³/mol. The fraction of sp³-hybridized carbons (Fsp3) is 0.0435. The van der Waals surface area contributed by atoms with Crippen LogP contribution >= 0.6 is 0 Å². The van der Waals surface area contributed by atoms with E-state index in [-0.39, 0.29) is 28.4 Å². The summed E-state index contributed by atoms with van der Waals surface area (Å²) >= 11 is 0. The molecule has 0 saturated carbocycles. The van der Waals surface area contributed by atoms with E-state index in [9.17, 15) is 17.8 Å². The van der Waals surface area contributed by atoms with Gasteiger partial charge in [0, 0.05) is 17.1 Å². The Morgan fingerprint density at radius 1 is 0.722 bits per heavy atom. The summed E-state index contributed by atoms with van der Waals surface area (Å²) in [4.78, 5) is 29.9. The third kappa shape index (κ3) is 5.16. The van der Waals surface area contributed by atoms with E-state index in [0.29, 0.717) is 28.0 Å². The van der Waals surface area contributed by atoms with Gasteiger partial charge in [0.25, 0.3) is 10.1 Å². The molecule has 3 aromatic carbocycles. The molecule has 0 amide bonds. The van der Waals surface area contributed by atoms with Gasteiger partial charge in [-0.2, -0.15) is 23.4 Å². The fourth-order valence-electron chi connectivity index (χ4n) is 3.52. The molecule has 2 heterocycles. The molecular weight excluding hydrogens is 484 g/mol. The maximum Gasteiger partial charge on any atom is 0.323 e. The van der Waals surface area contributed by atoms with Crippen molar-refractivity contribution in [3.8, 4) is 0 Å². The second-order valence-electron chi connectivity index (χ2n) is 7.84. The average molecular weight is 505 g/mol. The van der Waals surface area contributed by atoms with Gasteiger partial charge in [0.1, 0.15) is 0 Å². The van der Waals surface area contributed by atoms with Crippen LogP contribution in [0.4, 0.5) is 34.9 Å². The molecule has 0 atom stereocenters. The lowest BCUT2D eigenvalue weighted by Gasteiger charge is -2.12. The Morgan fingerprint density at radius 2 is 1.28 bits per heavy atom. The molecule has 12 nitrogen and oxygen atoms in total. The van der Waals surface area contributed by atoms with Gasteiger partial charge in [-0.15, -0.1) is 0 Å². The monoisotopic (exact) mass is 504 g/mol. The molecule has 0 radical (unpaired) electrons. The summed E-state index contributed by atoms with van der Waals surface area (Å²) in [5.41, 5.74) is 3.06. The Kier molecular flexibility index (Phi) is 5.83. The van der Waals surface area contributed by atoms with E-state index in [1.54, 1.807) is 37.3 Å². The number of rotatable bonds is 7. The summed E-state index contributed by atoms with van der Waals surface area (Å²) in [5, 5.41) is 9.15. The van der Waals surface area contributed by atoms with Crippen molar-refractivity contribution in [1.29, 1.82) is 0 Å². The van der Waals surface area contributed by atoms with Crippen LogP contribution in [0, 0.1) is 6.92 Å². The highest BCUT2D eigenvalue weighted by Crippen LogP contribution is 2.25. The molecule has 2 aromatic heterocycles. The van der Waals surface area contributed by atoms with E-state index in [1.807, 2.05) is 30.3 Å². The molecule has 36 heavy (non-hydrogen) atoms. The molecule has 13 heteroatoms. The normalized spacial score (nSPS) is 11.4.